The summed E-state index contributed by atoms with van der Waals surface area (Å²) in [5.41, 5.74) is 4.49. The van der Waals surface area contributed by atoms with E-state index >= 15 is 0 Å². The van der Waals surface area contributed by atoms with Gasteiger partial charge in [0.05, 0.1) is 5.56 Å². The Morgan fingerprint density at radius 1 is 1.00 bits per heavy atom. The molecule has 2 rings (SSSR count). The summed E-state index contributed by atoms with van der Waals surface area (Å²) in [5, 5.41) is 20.6. The number of rotatable bonds is 6. The van der Waals surface area contributed by atoms with E-state index in [9.17, 15) is 15.0 Å². The van der Waals surface area contributed by atoms with Crippen LogP contribution in [0.25, 0.3) is 0 Å². The number of allylic oxidation sites excluding steroid dienone is 1. The van der Waals surface area contributed by atoms with Crippen LogP contribution in [0.2, 0.25) is 0 Å². The van der Waals surface area contributed by atoms with Crippen molar-refractivity contribution in [1.29, 1.82) is 0 Å². The Morgan fingerprint density at radius 3 is 2.27 bits per heavy atom. The van der Waals surface area contributed by atoms with Gasteiger partial charge in [-0.25, -0.2) is 4.79 Å². The zero-order valence-corrected chi connectivity index (χ0v) is 15.8. The quantitative estimate of drug-likeness (QED) is 0.446. The van der Waals surface area contributed by atoms with Gasteiger partial charge >= 0.3 is 5.97 Å². The third-order valence-corrected chi connectivity index (χ3v) is 4.79. The fourth-order valence-corrected chi connectivity index (χ4v) is 2.83. The van der Waals surface area contributed by atoms with E-state index in [0.29, 0.717) is 35.1 Å². The van der Waals surface area contributed by atoms with Crippen LogP contribution in [0.1, 0.15) is 46.0 Å². The second-order valence-corrected chi connectivity index (χ2v) is 6.57. The molecule has 138 valence electrons. The summed E-state index contributed by atoms with van der Waals surface area (Å²) in [6.45, 7) is 7.59. The fourth-order valence-electron chi connectivity index (χ4n) is 2.83. The van der Waals surface area contributed by atoms with Crippen LogP contribution in [-0.4, -0.2) is 22.8 Å². The van der Waals surface area contributed by atoms with Crippen molar-refractivity contribution in [2.45, 2.75) is 40.5 Å². The first-order chi connectivity index (χ1) is 12.3. The Kier molecular flexibility index (Phi) is 6.45. The standard InChI is InChI=1S/C22H26O4/c1-14(12-13-26-22(25)18-8-6-5-7-9-18)10-11-19-17(4)20(23)15(2)16(3)21(19)24/h5-9,12,23-24H,10-11,13H2,1-4H3/b14-12+. The van der Waals surface area contributed by atoms with E-state index in [-0.39, 0.29) is 24.1 Å². The van der Waals surface area contributed by atoms with Crippen LogP contribution >= 0.6 is 0 Å². The molecule has 0 fully saturated rings. The van der Waals surface area contributed by atoms with Crippen LogP contribution < -0.4 is 0 Å². The minimum absolute atomic E-state index is 0.211. The maximum atomic E-state index is 11.9. The van der Waals surface area contributed by atoms with E-state index in [1.807, 2.05) is 26.0 Å². The summed E-state index contributed by atoms with van der Waals surface area (Å²) in [6, 6.07) is 8.88. The number of ether oxygens (including phenoxy) is 1. The molecule has 0 unspecified atom stereocenters. The number of aromatic hydroxyl groups is 2. The zero-order valence-electron chi connectivity index (χ0n) is 15.8. The summed E-state index contributed by atoms with van der Waals surface area (Å²) >= 11 is 0. The normalized spacial score (nSPS) is 11.5. The maximum absolute atomic E-state index is 11.9. The predicted molar refractivity (Wildman–Crippen MR) is 103 cm³/mol. The first-order valence-electron chi connectivity index (χ1n) is 8.71. The highest BCUT2D eigenvalue weighted by Crippen LogP contribution is 2.37. The molecule has 2 aromatic rings. The summed E-state index contributed by atoms with van der Waals surface area (Å²) in [6.07, 6.45) is 3.19. The average Bonchev–Trinajstić information content (AvgIpc) is 2.65. The smallest absolute Gasteiger partial charge is 0.338 e. The molecule has 0 aliphatic rings. The lowest BCUT2D eigenvalue weighted by Gasteiger charge is -2.16. The van der Waals surface area contributed by atoms with Gasteiger partial charge in [0.2, 0.25) is 0 Å². The van der Waals surface area contributed by atoms with Crippen molar-refractivity contribution in [2.24, 2.45) is 0 Å². The van der Waals surface area contributed by atoms with E-state index in [0.717, 1.165) is 11.1 Å². The van der Waals surface area contributed by atoms with Crippen molar-refractivity contribution >= 4 is 5.97 Å². The van der Waals surface area contributed by atoms with Crippen molar-refractivity contribution in [2.75, 3.05) is 6.61 Å². The lowest BCUT2D eigenvalue weighted by Crippen LogP contribution is -2.05. The number of esters is 1. The van der Waals surface area contributed by atoms with Gasteiger partial charge in [-0.05, 0) is 75.4 Å². The minimum Gasteiger partial charge on any atom is -0.507 e. The van der Waals surface area contributed by atoms with Gasteiger partial charge in [-0.1, -0.05) is 23.8 Å². The molecule has 0 radical (unpaired) electrons. The third kappa shape index (κ3) is 4.45. The molecular weight excluding hydrogens is 328 g/mol. The van der Waals surface area contributed by atoms with Gasteiger partial charge in [-0.2, -0.15) is 0 Å². The Morgan fingerprint density at radius 2 is 1.62 bits per heavy atom. The van der Waals surface area contributed by atoms with E-state index in [2.05, 4.69) is 0 Å². The molecule has 2 aromatic carbocycles. The van der Waals surface area contributed by atoms with Crippen LogP contribution in [0, 0.1) is 20.8 Å². The SMILES string of the molecule is C/C(=C\COC(=O)c1ccccc1)CCc1c(C)c(O)c(C)c(C)c1O. The Bertz CT molecular complexity index is 791. The molecule has 26 heavy (non-hydrogen) atoms. The Labute approximate surface area is 154 Å². The molecule has 2 N–H and O–H groups in total. The van der Waals surface area contributed by atoms with Crippen molar-refractivity contribution < 1.29 is 19.7 Å². The summed E-state index contributed by atoms with van der Waals surface area (Å²) < 4.78 is 5.25. The summed E-state index contributed by atoms with van der Waals surface area (Å²) in [7, 11) is 0. The van der Waals surface area contributed by atoms with Crippen molar-refractivity contribution in [3.63, 3.8) is 0 Å². The van der Waals surface area contributed by atoms with E-state index in [1.54, 1.807) is 38.1 Å². The molecule has 0 aliphatic heterocycles. The van der Waals surface area contributed by atoms with Gasteiger partial charge < -0.3 is 14.9 Å². The number of benzene rings is 2. The minimum atomic E-state index is -0.345. The van der Waals surface area contributed by atoms with Crippen LogP contribution in [-0.2, 0) is 11.2 Å². The predicted octanol–water partition coefficient (Wildman–Crippen LogP) is 4.76. The molecule has 0 spiro atoms. The lowest BCUT2D eigenvalue weighted by molar-refractivity contribution is 0.0549. The van der Waals surface area contributed by atoms with Gasteiger partial charge in [0, 0.05) is 5.56 Å². The van der Waals surface area contributed by atoms with Crippen molar-refractivity contribution in [3.8, 4) is 11.5 Å². The molecule has 0 aromatic heterocycles. The molecule has 0 heterocycles. The number of phenolic OH excluding ortho intramolecular Hbond substituents is 2. The monoisotopic (exact) mass is 354 g/mol. The highest BCUT2D eigenvalue weighted by molar-refractivity contribution is 5.89. The molecule has 0 bridgehead atoms. The number of hydrogen-bond donors (Lipinski definition) is 2. The van der Waals surface area contributed by atoms with Crippen LogP contribution in [0.3, 0.4) is 0 Å². The van der Waals surface area contributed by atoms with Crippen LogP contribution in [0.4, 0.5) is 0 Å². The molecule has 0 saturated carbocycles. The Balaban J connectivity index is 1.96. The van der Waals surface area contributed by atoms with Gasteiger partial charge in [0.25, 0.3) is 0 Å². The molecule has 4 heteroatoms. The van der Waals surface area contributed by atoms with E-state index in [1.165, 1.54) is 0 Å². The highest BCUT2D eigenvalue weighted by atomic mass is 16.5. The van der Waals surface area contributed by atoms with Gasteiger partial charge in [0.1, 0.15) is 18.1 Å². The maximum Gasteiger partial charge on any atom is 0.338 e. The van der Waals surface area contributed by atoms with E-state index < -0.39 is 0 Å². The average molecular weight is 354 g/mol. The first-order valence-corrected chi connectivity index (χ1v) is 8.71. The van der Waals surface area contributed by atoms with Gasteiger partial charge in [-0.3, -0.25) is 0 Å². The molecule has 0 aliphatic carbocycles. The van der Waals surface area contributed by atoms with Gasteiger partial charge in [0.15, 0.2) is 0 Å². The summed E-state index contributed by atoms with van der Waals surface area (Å²) in [4.78, 5) is 11.9. The van der Waals surface area contributed by atoms with Crippen molar-refractivity contribution in [1.82, 2.24) is 0 Å². The molecule has 0 amide bonds. The van der Waals surface area contributed by atoms with E-state index in [4.69, 9.17) is 4.74 Å². The highest BCUT2D eigenvalue weighted by Gasteiger charge is 2.16. The van der Waals surface area contributed by atoms with Gasteiger partial charge in [-0.15, -0.1) is 0 Å². The van der Waals surface area contributed by atoms with Crippen LogP contribution in [0.15, 0.2) is 42.0 Å². The topological polar surface area (TPSA) is 66.8 Å². The summed E-state index contributed by atoms with van der Waals surface area (Å²) in [5.74, 6) is 0.150. The number of carbonyl (C=O) groups excluding carboxylic acids is 1. The number of phenols is 2. The second kappa shape index (κ2) is 8.56. The first kappa shape index (κ1) is 19.6. The zero-order chi connectivity index (χ0) is 19.3. The number of hydrogen-bond acceptors (Lipinski definition) is 4. The largest absolute Gasteiger partial charge is 0.507 e. The number of carbonyl (C=O) groups is 1. The molecule has 4 nitrogen and oxygen atoms in total. The second-order valence-electron chi connectivity index (χ2n) is 6.57. The van der Waals surface area contributed by atoms with Crippen LogP contribution in [0.5, 0.6) is 11.5 Å². The van der Waals surface area contributed by atoms with Crippen molar-refractivity contribution in [3.05, 3.63) is 69.8 Å². The Hall–Kier alpha value is -2.75. The molecule has 0 atom stereocenters. The third-order valence-electron chi connectivity index (χ3n) is 4.79. The molecule has 0 saturated heterocycles. The fraction of sp³-hybridized carbons (Fsp3) is 0.318. The lowest BCUT2D eigenvalue weighted by atomic mass is 9.93. The molecular formula is C22H26O4.